The lowest BCUT2D eigenvalue weighted by Gasteiger charge is -2.04. The summed E-state index contributed by atoms with van der Waals surface area (Å²) < 4.78 is 12.7. The van der Waals surface area contributed by atoms with E-state index in [-0.39, 0.29) is 18.1 Å². The number of amides is 1. The Morgan fingerprint density at radius 3 is 2.74 bits per heavy atom. The molecule has 1 aromatic heterocycles. The van der Waals surface area contributed by atoms with Crippen LogP contribution in [0.25, 0.3) is 0 Å². The summed E-state index contributed by atoms with van der Waals surface area (Å²) in [5.74, 6) is -0.336. The molecular weight excluding hydrogens is 263 g/mol. The van der Waals surface area contributed by atoms with Crippen LogP contribution in [0.15, 0.2) is 30.5 Å². The molecule has 0 radical (unpaired) electrons. The van der Waals surface area contributed by atoms with Crippen molar-refractivity contribution in [1.29, 1.82) is 0 Å². The number of thiazole rings is 1. The Morgan fingerprint density at radius 2 is 2.11 bits per heavy atom. The van der Waals surface area contributed by atoms with Gasteiger partial charge in [-0.2, -0.15) is 0 Å². The maximum absolute atomic E-state index is 12.7. The van der Waals surface area contributed by atoms with Crippen molar-refractivity contribution in [2.45, 2.75) is 19.8 Å². The molecule has 0 atom stereocenters. The van der Waals surface area contributed by atoms with Gasteiger partial charge in [0.15, 0.2) is 0 Å². The highest BCUT2D eigenvalue weighted by Gasteiger charge is 2.04. The zero-order chi connectivity index (χ0) is 13.7. The maximum atomic E-state index is 12.7. The molecule has 2 aromatic rings. The van der Waals surface area contributed by atoms with Gasteiger partial charge in [0.25, 0.3) is 0 Å². The van der Waals surface area contributed by atoms with Gasteiger partial charge in [-0.15, -0.1) is 11.3 Å². The van der Waals surface area contributed by atoms with Gasteiger partial charge in [0.2, 0.25) is 5.91 Å². The van der Waals surface area contributed by atoms with Crippen LogP contribution in [0.1, 0.15) is 15.4 Å². The van der Waals surface area contributed by atoms with E-state index in [4.69, 9.17) is 0 Å². The largest absolute Gasteiger partial charge is 0.355 e. The number of nitrogens with zero attached hydrogens (tertiary/aromatic N) is 1. The smallest absolute Gasteiger partial charge is 0.224 e. The second-order valence-corrected chi connectivity index (χ2v) is 5.57. The Hall–Kier alpha value is -1.75. The van der Waals surface area contributed by atoms with Crippen LogP contribution in [0.2, 0.25) is 0 Å². The highest BCUT2D eigenvalue weighted by molar-refractivity contribution is 7.11. The molecule has 1 amide bonds. The maximum Gasteiger partial charge on any atom is 0.224 e. The third kappa shape index (κ3) is 4.44. The molecule has 5 heteroatoms. The molecule has 0 spiro atoms. The first kappa shape index (κ1) is 13.7. The molecular formula is C14H15FN2OS. The minimum atomic E-state index is -0.287. The van der Waals surface area contributed by atoms with Crippen LogP contribution in [0, 0.1) is 12.7 Å². The zero-order valence-electron chi connectivity index (χ0n) is 10.6. The summed E-state index contributed by atoms with van der Waals surface area (Å²) in [4.78, 5) is 17.0. The molecule has 2 rings (SSSR count). The van der Waals surface area contributed by atoms with Crippen molar-refractivity contribution < 1.29 is 9.18 Å². The summed E-state index contributed by atoms with van der Waals surface area (Å²) in [7, 11) is 0. The molecule has 0 saturated heterocycles. The Labute approximate surface area is 115 Å². The SMILES string of the molecule is Cc1ncc(CCNC(=O)Cc2ccc(F)cc2)s1. The lowest BCUT2D eigenvalue weighted by atomic mass is 10.1. The van der Waals surface area contributed by atoms with Crippen molar-refractivity contribution in [1.82, 2.24) is 10.3 Å². The standard InChI is InChI=1S/C14H15FN2OS/c1-10-17-9-13(19-10)6-7-16-14(18)8-11-2-4-12(15)5-3-11/h2-5,9H,6-8H2,1H3,(H,16,18). The Bertz CT molecular complexity index is 551. The highest BCUT2D eigenvalue weighted by Crippen LogP contribution is 2.11. The fourth-order valence-electron chi connectivity index (χ4n) is 1.70. The summed E-state index contributed by atoms with van der Waals surface area (Å²) in [5, 5.41) is 3.88. The zero-order valence-corrected chi connectivity index (χ0v) is 11.5. The summed E-state index contributed by atoms with van der Waals surface area (Å²) in [6.07, 6.45) is 2.91. The second kappa shape index (κ2) is 6.43. The van der Waals surface area contributed by atoms with Crippen molar-refractivity contribution in [2.75, 3.05) is 6.54 Å². The predicted octanol–water partition coefficient (Wildman–Crippen LogP) is 2.49. The van der Waals surface area contributed by atoms with E-state index >= 15 is 0 Å². The number of carbonyl (C=O) groups excluding carboxylic acids is 1. The molecule has 0 bridgehead atoms. The van der Waals surface area contributed by atoms with Crippen LogP contribution in [0.3, 0.4) is 0 Å². The molecule has 19 heavy (non-hydrogen) atoms. The molecule has 0 unspecified atom stereocenters. The van der Waals surface area contributed by atoms with E-state index in [1.54, 1.807) is 23.5 Å². The molecule has 0 aliphatic rings. The van der Waals surface area contributed by atoms with Gasteiger partial charge in [0.1, 0.15) is 5.82 Å². The van der Waals surface area contributed by atoms with Gasteiger partial charge >= 0.3 is 0 Å². The normalized spacial score (nSPS) is 10.4. The van der Waals surface area contributed by atoms with Gasteiger partial charge < -0.3 is 5.32 Å². The van der Waals surface area contributed by atoms with Crippen LogP contribution in [-0.4, -0.2) is 17.4 Å². The summed E-state index contributed by atoms with van der Waals surface area (Å²) >= 11 is 1.64. The van der Waals surface area contributed by atoms with Crippen LogP contribution < -0.4 is 5.32 Å². The van der Waals surface area contributed by atoms with Gasteiger partial charge in [-0.1, -0.05) is 12.1 Å². The lowest BCUT2D eigenvalue weighted by Crippen LogP contribution is -2.27. The van der Waals surface area contributed by atoms with Crippen molar-refractivity contribution in [3.05, 3.63) is 51.7 Å². The number of hydrogen-bond acceptors (Lipinski definition) is 3. The predicted molar refractivity (Wildman–Crippen MR) is 73.7 cm³/mol. The Morgan fingerprint density at radius 1 is 1.37 bits per heavy atom. The number of benzene rings is 1. The average Bonchev–Trinajstić information content (AvgIpc) is 2.78. The quantitative estimate of drug-likeness (QED) is 0.913. The molecule has 1 heterocycles. The number of carbonyl (C=O) groups is 1. The monoisotopic (exact) mass is 278 g/mol. The number of aromatic nitrogens is 1. The van der Waals surface area contributed by atoms with Crippen LogP contribution in [0.4, 0.5) is 4.39 Å². The minimum Gasteiger partial charge on any atom is -0.355 e. The highest BCUT2D eigenvalue weighted by atomic mass is 32.1. The van der Waals surface area contributed by atoms with Crippen molar-refractivity contribution in [3.8, 4) is 0 Å². The fraction of sp³-hybridized carbons (Fsp3) is 0.286. The van der Waals surface area contributed by atoms with E-state index in [0.717, 1.165) is 17.0 Å². The lowest BCUT2D eigenvalue weighted by molar-refractivity contribution is -0.120. The van der Waals surface area contributed by atoms with E-state index in [0.29, 0.717) is 6.54 Å². The van der Waals surface area contributed by atoms with Gasteiger partial charge in [0, 0.05) is 24.0 Å². The summed E-state index contributed by atoms with van der Waals surface area (Å²) in [6.45, 7) is 2.56. The topological polar surface area (TPSA) is 42.0 Å². The Kier molecular flexibility index (Phi) is 4.63. The molecule has 100 valence electrons. The first-order valence-electron chi connectivity index (χ1n) is 6.06. The molecule has 0 aliphatic carbocycles. The van der Waals surface area contributed by atoms with Gasteiger partial charge in [-0.25, -0.2) is 9.37 Å². The molecule has 1 N–H and O–H groups in total. The van der Waals surface area contributed by atoms with E-state index in [9.17, 15) is 9.18 Å². The Balaban J connectivity index is 1.74. The fourth-order valence-corrected chi connectivity index (χ4v) is 2.49. The average molecular weight is 278 g/mol. The minimum absolute atomic E-state index is 0.0483. The molecule has 1 aromatic carbocycles. The first-order valence-corrected chi connectivity index (χ1v) is 6.87. The molecule has 0 fully saturated rings. The summed E-state index contributed by atoms with van der Waals surface area (Å²) in [6, 6.07) is 5.98. The van der Waals surface area contributed by atoms with Crippen LogP contribution >= 0.6 is 11.3 Å². The van der Waals surface area contributed by atoms with Crippen molar-refractivity contribution in [2.24, 2.45) is 0 Å². The molecule has 0 saturated carbocycles. The van der Waals surface area contributed by atoms with E-state index in [1.807, 2.05) is 13.1 Å². The second-order valence-electron chi connectivity index (χ2n) is 4.25. The third-order valence-corrected chi connectivity index (χ3v) is 3.61. The number of nitrogens with one attached hydrogen (secondary N) is 1. The van der Waals surface area contributed by atoms with Crippen molar-refractivity contribution in [3.63, 3.8) is 0 Å². The van der Waals surface area contributed by atoms with Gasteiger partial charge in [0.05, 0.1) is 11.4 Å². The van der Waals surface area contributed by atoms with E-state index in [1.165, 1.54) is 17.0 Å². The number of halogens is 1. The van der Waals surface area contributed by atoms with Crippen LogP contribution in [0.5, 0.6) is 0 Å². The molecule has 3 nitrogen and oxygen atoms in total. The number of hydrogen-bond donors (Lipinski definition) is 1. The summed E-state index contributed by atoms with van der Waals surface area (Å²) in [5.41, 5.74) is 0.813. The molecule has 0 aliphatic heterocycles. The van der Waals surface area contributed by atoms with E-state index in [2.05, 4.69) is 10.3 Å². The van der Waals surface area contributed by atoms with Gasteiger partial charge in [-0.3, -0.25) is 4.79 Å². The van der Waals surface area contributed by atoms with E-state index < -0.39 is 0 Å². The van der Waals surface area contributed by atoms with Gasteiger partial charge in [-0.05, 0) is 24.6 Å². The number of aryl methyl sites for hydroxylation is 1. The first-order chi connectivity index (χ1) is 9.13. The number of rotatable bonds is 5. The van der Waals surface area contributed by atoms with Crippen molar-refractivity contribution >= 4 is 17.2 Å². The third-order valence-electron chi connectivity index (χ3n) is 2.64. The van der Waals surface area contributed by atoms with Crippen LogP contribution in [-0.2, 0) is 17.6 Å².